The monoisotopic (exact) mass is 819 g/mol. The first kappa shape index (κ1) is 37.4. The lowest BCUT2D eigenvalue weighted by Crippen LogP contribution is -2.43. The van der Waals surface area contributed by atoms with Crippen LogP contribution in [0.3, 0.4) is 0 Å². The molecular weight excluding hydrogens is 771 g/mol. The summed E-state index contributed by atoms with van der Waals surface area (Å²) in [6.45, 7) is 2.16. The van der Waals surface area contributed by atoms with Gasteiger partial charge in [0.15, 0.2) is 0 Å². The molecule has 0 N–H and O–H groups in total. The molecule has 4 fully saturated rings. The van der Waals surface area contributed by atoms with E-state index in [0.717, 1.165) is 57.8 Å². The molecule has 1 aromatic heterocycles. The Labute approximate surface area is 369 Å². The van der Waals surface area contributed by atoms with E-state index in [0.29, 0.717) is 5.92 Å². The molecule has 3 heteroatoms. The van der Waals surface area contributed by atoms with E-state index in [1.165, 1.54) is 91.2 Å². The third kappa shape index (κ3) is 6.62. The molecule has 0 aliphatic heterocycles. The van der Waals surface area contributed by atoms with Gasteiger partial charge < -0.3 is 9.64 Å². The Kier molecular flexibility index (Phi) is 9.33. The number of para-hydroxylation sites is 1. The molecule has 9 aromatic rings. The molecule has 0 unspecified atom stereocenters. The van der Waals surface area contributed by atoms with Crippen molar-refractivity contribution in [1.29, 1.82) is 0 Å². The molecule has 4 aliphatic carbocycles. The zero-order valence-corrected chi connectivity index (χ0v) is 35.9. The lowest BCUT2D eigenvalue weighted by Gasteiger charge is -2.54. The topological polar surface area (TPSA) is 12.5 Å². The molecule has 4 bridgehead atoms. The van der Waals surface area contributed by atoms with Crippen LogP contribution in [0.4, 0.5) is 17.1 Å². The molecule has 0 atom stereocenters. The summed E-state index contributed by atoms with van der Waals surface area (Å²) in [5.41, 5.74) is 13.2. The van der Waals surface area contributed by atoms with Gasteiger partial charge in [-0.25, -0.2) is 0 Å². The normalized spacial score (nSPS) is 20.2. The van der Waals surface area contributed by atoms with E-state index in [2.05, 4.69) is 200 Å². The highest BCUT2D eigenvalue weighted by molar-refractivity contribution is 7.25. The van der Waals surface area contributed by atoms with Crippen molar-refractivity contribution in [2.24, 2.45) is 23.7 Å². The minimum atomic E-state index is 0.548. The fraction of sp³-hybridized carbons (Fsp3) is 0.186. The first-order valence-electron chi connectivity index (χ1n) is 22.5. The summed E-state index contributed by atoms with van der Waals surface area (Å²) in [7, 11) is 0. The Bertz CT molecular complexity index is 3040. The smallest absolute Gasteiger partial charge is 0.133 e. The van der Waals surface area contributed by atoms with Crippen molar-refractivity contribution in [1.82, 2.24) is 0 Å². The average Bonchev–Trinajstić information content (AvgIpc) is 3.70. The van der Waals surface area contributed by atoms with Crippen LogP contribution in [-0.4, -0.2) is 0 Å². The minimum Gasteiger partial charge on any atom is -0.457 e. The van der Waals surface area contributed by atoms with Crippen molar-refractivity contribution in [2.45, 2.75) is 44.9 Å². The van der Waals surface area contributed by atoms with Crippen LogP contribution < -0.4 is 9.64 Å². The molecule has 2 nitrogen and oxygen atoms in total. The Balaban J connectivity index is 0.972. The number of ether oxygens (including phenoxy) is 1. The number of nitrogens with zero attached hydrogens (tertiary/aromatic N) is 1. The van der Waals surface area contributed by atoms with Gasteiger partial charge in [-0.15, -0.1) is 11.3 Å². The van der Waals surface area contributed by atoms with Crippen molar-refractivity contribution in [3.05, 3.63) is 199 Å². The maximum absolute atomic E-state index is 7.09. The molecular formula is C59H49NOS. The van der Waals surface area contributed by atoms with Crippen molar-refractivity contribution in [2.75, 3.05) is 4.90 Å². The second kappa shape index (κ2) is 15.5. The van der Waals surface area contributed by atoms with E-state index in [1.54, 1.807) is 0 Å². The zero-order chi connectivity index (χ0) is 41.1. The van der Waals surface area contributed by atoms with Gasteiger partial charge in [0.05, 0.1) is 0 Å². The van der Waals surface area contributed by atoms with Crippen molar-refractivity contribution >= 4 is 48.6 Å². The Morgan fingerprint density at radius 2 is 1.03 bits per heavy atom. The quantitative estimate of drug-likeness (QED) is 0.144. The number of rotatable bonds is 9. The standard InChI is InChI=1S/C59H49NOS/c1-38-12-5-9-19-54(38)61-55-37-48(30-31-52(55)58-44-33-39-32-40(35-44)36-45(58)34-39)60(46-26-22-42(23-27-46)41-13-3-2-4-14-41)47-28-24-43(25-29-47)49-15-6-7-16-50(49)51-18-11-21-57-59(51)53-17-8-10-20-56(53)62-57/h2-31,37,39-40,44-45,58H,32-36H2,1H3/t39-,40+,44+,45-,58?. The highest BCUT2D eigenvalue weighted by Crippen LogP contribution is 2.61. The van der Waals surface area contributed by atoms with E-state index >= 15 is 0 Å². The van der Waals surface area contributed by atoms with Crippen LogP contribution in [0.2, 0.25) is 0 Å². The predicted octanol–water partition coefficient (Wildman–Crippen LogP) is 17.2. The van der Waals surface area contributed by atoms with Gasteiger partial charge in [-0.2, -0.15) is 0 Å². The van der Waals surface area contributed by atoms with Crippen LogP contribution in [0.5, 0.6) is 11.5 Å². The van der Waals surface area contributed by atoms with E-state index in [-0.39, 0.29) is 0 Å². The fourth-order valence-electron chi connectivity index (χ4n) is 11.9. The van der Waals surface area contributed by atoms with Crippen LogP contribution in [0.25, 0.3) is 53.6 Å². The molecule has 302 valence electrons. The molecule has 4 aliphatic rings. The van der Waals surface area contributed by atoms with Crippen molar-refractivity contribution in [3.8, 4) is 44.9 Å². The van der Waals surface area contributed by atoms with Crippen LogP contribution in [0.15, 0.2) is 188 Å². The van der Waals surface area contributed by atoms with Crippen LogP contribution in [0, 0.1) is 30.6 Å². The average molecular weight is 820 g/mol. The summed E-state index contributed by atoms with van der Waals surface area (Å²) in [4.78, 5) is 2.41. The van der Waals surface area contributed by atoms with E-state index in [1.807, 2.05) is 11.3 Å². The van der Waals surface area contributed by atoms with Gasteiger partial charge in [0.25, 0.3) is 0 Å². The molecule has 1 heterocycles. The minimum absolute atomic E-state index is 0.548. The fourth-order valence-corrected chi connectivity index (χ4v) is 13.0. The molecule has 62 heavy (non-hydrogen) atoms. The predicted molar refractivity (Wildman–Crippen MR) is 261 cm³/mol. The first-order valence-corrected chi connectivity index (χ1v) is 23.4. The summed E-state index contributed by atoms with van der Waals surface area (Å²) >= 11 is 1.87. The van der Waals surface area contributed by atoms with Crippen LogP contribution in [-0.2, 0) is 0 Å². The third-order valence-electron chi connectivity index (χ3n) is 14.4. The Hall–Kier alpha value is -6.42. The first-order chi connectivity index (χ1) is 30.6. The molecule has 13 rings (SSSR count). The summed E-state index contributed by atoms with van der Waals surface area (Å²) in [5, 5.41) is 2.66. The maximum atomic E-state index is 7.09. The van der Waals surface area contributed by atoms with Crippen molar-refractivity contribution < 1.29 is 4.74 Å². The largest absolute Gasteiger partial charge is 0.457 e. The summed E-state index contributed by atoms with van der Waals surface area (Å²) < 4.78 is 9.74. The molecule has 8 aromatic carbocycles. The Morgan fingerprint density at radius 1 is 0.452 bits per heavy atom. The van der Waals surface area contributed by atoms with Gasteiger partial charge in [-0.1, -0.05) is 133 Å². The zero-order valence-electron chi connectivity index (χ0n) is 35.1. The number of anilines is 3. The number of thiophene rings is 1. The molecule has 4 saturated carbocycles. The second-order valence-electron chi connectivity index (χ2n) is 18.2. The van der Waals surface area contributed by atoms with E-state index in [4.69, 9.17) is 4.74 Å². The maximum Gasteiger partial charge on any atom is 0.133 e. The van der Waals surface area contributed by atoms with Crippen LogP contribution >= 0.6 is 11.3 Å². The van der Waals surface area contributed by atoms with Gasteiger partial charge in [-0.05, 0) is 162 Å². The summed E-state index contributed by atoms with van der Waals surface area (Å²) in [5.74, 6) is 5.82. The second-order valence-corrected chi connectivity index (χ2v) is 19.2. The van der Waals surface area contributed by atoms with Gasteiger partial charge in [-0.3, -0.25) is 0 Å². The number of hydrogen-bond acceptors (Lipinski definition) is 3. The summed E-state index contributed by atoms with van der Waals surface area (Å²) in [6.07, 6.45) is 6.94. The third-order valence-corrected chi connectivity index (χ3v) is 15.6. The number of fused-ring (bicyclic) bond motifs is 3. The van der Waals surface area contributed by atoms with Gasteiger partial charge >= 0.3 is 0 Å². The Morgan fingerprint density at radius 3 is 1.77 bits per heavy atom. The lowest BCUT2D eigenvalue weighted by molar-refractivity contribution is -0.00335. The summed E-state index contributed by atoms with van der Waals surface area (Å²) in [6, 6.07) is 69.0. The number of aryl methyl sites for hydroxylation is 1. The number of benzene rings is 8. The highest BCUT2D eigenvalue weighted by atomic mass is 32.1. The molecule has 0 radical (unpaired) electrons. The van der Waals surface area contributed by atoms with Gasteiger partial charge in [0, 0.05) is 43.3 Å². The van der Waals surface area contributed by atoms with Crippen LogP contribution in [0.1, 0.15) is 49.1 Å². The molecule has 0 amide bonds. The van der Waals surface area contributed by atoms with E-state index in [9.17, 15) is 0 Å². The lowest BCUT2D eigenvalue weighted by atomic mass is 9.50. The van der Waals surface area contributed by atoms with Crippen molar-refractivity contribution in [3.63, 3.8) is 0 Å². The van der Waals surface area contributed by atoms with Gasteiger partial charge in [0.1, 0.15) is 11.5 Å². The molecule has 0 saturated heterocycles. The highest BCUT2D eigenvalue weighted by Gasteiger charge is 2.49. The van der Waals surface area contributed by atoms with E-state index < -0.39 is 0 Å². The number of hydrogen-bond donors (Lipinski definition) is 0. The van der Waals surface area contributed by atoms with Gasteiger partial charge in [0.2, 0.25) is 0 Å². The SMILES string of the molecule is Cc1ccccc1Oc1cc(N(c2ccc(-c3ccccc3)cc2)c2ccc(-c3ccccc3-c3cccc4sc5ccccc5c34)cc2)ccc1C1[C@H]2C[C@H]3C[C@H](C[C@H]1C3)C2. The molecule has 0 spiro atoms.